The second kappa shape index (κ2) is 5.32. The van der Waals surface area contributed by atoms with Crippen molar-refractivity contribution in [1.29, 1.82) is 0 Å². The summed E-state index contributed by atoms with van der Waals surface area (Å²) in [5.74, 6) is 5.02. The van der Waals surface area contributed by atoms with Crippen LogP contribution in [-0.2, 0) is 11.3 Å². The molecule has 1 fully saturated rings. The lowest BCUT2D eigenvalue weighted by Gasteiger charge is -2.04. The predicted octanol–water partition coefficient (Wildman–Crippen LogP) is -0.360. The second-order valence-electron chi connectivity index (χ2n) is 4.00. The van der Waals surface area contributed by atoms with Gasteiger partial charge in [-0.05, 0) is 35.7 Å². The number of methoxy groups -OCH3 is 1. The van der Waals surface area contributed by atoms with E-state index in [1.165, 1.54) is 17.9 Å². The fourth-order valence-electron chi connectivity index (χ4n) is 1.60. The SMILES string of the molecule is COc1nn(CC(=CC(=O)NN)C2CC2)c(=O)s1. The highest BCUT2D eigenvalue weighted by molar-refractivity contribution is 7.10. The predicted molar refractivity (Wildman–Crippen MR) is 66.1 cm³/mol. The fraction of sp³-hybridized carbons (Fsp3) is 0.500. The average Bonchev–Trinajstić information content (AvgIpc) is 3.14. The Kier molecular flexibility index (Phi) is 3.78. The fourth-order valence-corrected chi connectivity index (χ4v) is 2.18. The Morgan fingerprint density at radius 3 is 2.94 bits per heavy atom. The van der Waals surface area contributed by atoms with Crippen LogP contribution < -0.4 is 20.9 Å². The van der Waals surface area contributed by atoms with E-state index in [0.717, 1.165) is 29.8 Å². The third kappa shape index (κ3) is 2.96. The van der Waals surface area contributed by atoms with Crippen molar-refractivity contribution in [1.82, 2.24) is 15.2 Å². The second-order valence-corrected chi connectivity index (χ2v) is 4.90. The summed E-state index contributed by atoms with van der Waals surface area (Å²) >= 11 is 0.935. The highest BCUT2D eigenvalue weighted by Crippen LogP contribution is 2.37. The first-order chi connectivity index (χ1) is 8.63. The van der Waals surface area contributed by atoms with E-state index in [1.54, 1.807) is 0 Å². The van der Waals surface area contributed by atoms with Gasteiger partial charge in [-0.15, -0.1) is 5.10 Å². The van der Waals surface area contributed by atoms with Crippen LogP contribution in [0.15, 0.2) is 16.4 Å². The molecule has 0 bridgehead atoms. The molecule has 1 aliphatic carbocycles. The Labute approximate surface area is 107 Å². The molecule has 0 aliphatic heterocycles. The maximum absolute atomic E-state index is 11.6. The van der Waals surface area contributed by atoms with E-state index in [4.69, 9.17) is 10.6 Å². The zero-order valence-corrected chi connectivity index (χ0v) is 10.7. The minimum absolute atomic E-state index is 0.202. The monoisotopic (exact) mass is 270 g/mol. The van der Waals surface area contributed by atoms with Crippen molar-refractivity contribution in [3.63, 3.8) is 0 Å². The summed E-state index contributed by atoms with van der Waals surface area (Å²) in [5, 5.41) is 4.33. The van der Waals surface area contributed by atoms with Gasteiger partial charge in [0.15, 0.2) is 0 Å². The van der Waals surface area contributed by atoms with E-state index in [9.17, 15) is 9.59 Å². The molecule has 1 aliphatic rings. The molecule has 1 aromatic rings. The van der Waals surface area contributed by atoms with Gasteiger partial charge >= 0.3 is 4.87 Å². The number of nitrogens with one attached hydrogen (secondary N) is 1. The molecule has 8 heteroatoms. The van der Waals surface area contributed by atoms with Gasteiger partial charge in [0.25, 0.3) is 11.1 Å². The summed E-state index contributed by atoms with van der Waals surface area (Å²) in [5.41, 5.74) is 2.92. The number of allylic oxidation sites excluding steroid dienone is 1. The van der Waals surface area contributed by atoms with Crippen LogP contribution in [0.2, 0.25) is 0 Å². The molecule has 1 aromatic heterocycles. The first-order valence-electron chi connectivity index (χ1n) is 5.47. The largest absolute Gasteiger partial charge is 0.472 e. The smallest absolute Gasteiger partial charge is 0.328 e. The van der Waals surface area contributed by atoms with Crippen LogP contribution in [0.3, 0.4) is 0 Å². The third-order valence-electron chi connectivity index (χ3n) is 2.66. The summed E-state index contributed by atoms with van der Waals surface area (Å²) < 4.78 is 6.21. The number of amides is 1. The number of carbonyl (C=O) groups excluding carboxylic acids is 1. The quantitative estimate of drug-likeness (QED) is 0.329. The van der Waals surface area contributed by atoms with Gasteiger partial charge in [0.1, 0.15) is 0 Å². The molecule has 0 aromatic carbocycles. The lowest BCUT2D eigenvalue weighted by atomic mass is 10.1. The number of hydrogen-bond acceptors (Lipinski definition) is 6. The molecule has 1 saturated carbocycles. The number of hydrogen-bond donors (Lipinski definition) is 2. The van der Waals surface area contributed by atoms with Crippen LogP contribution in [0, 0.1) is 5.92 Å². The summed E-state index contributed by atoms with van der Waals surface area (Å²) in [6.45, 7) is 0.302. The number of aromatic nitrogens is 2. The Balaban J connectivity index is 2.18. The average molecular weight is 270 g/mol. The van der Waals surface area contributed by atoms with Gasteiger partial charge in [-0.1, -0.05) is 0 Å². The number of ether oxygens (including phenoxy) is 1. The van der Waals surface area contributed by atoms with Crippen molar-refractivity contribution >= 4 is 17.2 Å². The lowest BCUT2D eigenvalue weighted by molar-refractivity contribution is -0.116. The highest BCUT2D eigenvalue weighted by Gasteiger charge is 2.27. The van der Waals surface area contributed by atoms with Crippen LogP contribution in [0.4, 0.5) is 0 Å². The third-order valence-corrected chi connectivity index (χ3v) is 3.46. The molecule has 0 radical (unpaired) electrons. The molecule has 1 heterocycles. The lowest BCUT2D eigenvalue weighted by Crippen LogP contribution is -2.29. The van der Waals surface area contributed by atoms with Gasteiger partial charge in [0, 0.05) is 6.08 Å². The Morgan fingerprint density at radius 1 is 1.72 bits per heavy atom. The van der Waals surface area contributed by atoms with Crippen LogP contribution in [0.25, 0.3) is 0 Å². The van der Waals surface area contributed by atoms with Gasteiger partial charge in [-0.25, -0.2) is 10.5 Å². The molecule has 18 heavy (non-hydrogen) atoms. The van der Waals surface area contributed by atoms with E-state index >= 15 is 0 Å². The van der Waals surface area contributed by atoms with Gasteiger partial charge < -0.3 is 4.74 Å². The first kappa shape index (κ1) is 12.8. The standard InChI is InChI=1S/C10H14N4O3S/c1-17-9-13-14(10(16)18-9)5-7(6-2-3-6)4-8(15)12-11/h4,6H,2-3,5,11H2,1H3,(H,12,15). The minimum atomic E-state index is -0.368. The molecular weight excluding hydrogens is 256 g/mol. The summed E-state index contributed by atoms with van der Waals surface area (Å²) in [6.07, 6.45) is 3.50. The van der Waals surface area contributed by atoms with Crippen LogP contribution >= 0.6 is 11.3 Å². The van der Waals surface area contributed by atoms with E-state index < -0.39 is 0 Å². The van der Waals surface area contributed by atoms with Crippen molar-refractivity contribution < 1.29 is 9.53 Å². The Hall–Kier alpha value is -1.67. The molecule has 7 nitrogen and oxygen atoms in total. The Morgan fingerprint density at radius 2 is 2.44 bits per heavy atom. The molecule has 0 spiro atoms. The maximum Gasteiger partial charge on any atom is 0.328 e. The zero-order valence-electron chi connectivity index (χ0n) is 9.88. The molecule has 3 N–H and O–H groups in total. The number of nitrogens with zero attached hydrogens (tertiary/aromatic N) is 2. The van der Waals surface area contributed by atoms with Gasteiger partial charge in [-0.3, -0.25) is 15.0 Å². The number of nitrogens with two attached hydrogens (primary N) is 1. The van der Waals surface area contributed by atoms with Crippen molar-refractivity contribution in [2.75, 3.05) is 7.11 Å². The van der Waals surface area contributed by atoms with E-state index in [-0.39, 0.29) is 10.8 Å². The van der Waals surface area contributed by atoms with E-state index in [1.807, 2.05) is 5.43 Å². The molecule has 2 rings (SSSR count). The molecule has 0 saturated heterocycles. The van der Waals surface area contributed by atoms with Crippen molar-refractivity contribution in [3.8, 4) is 5.19 Å². The maximum atomic E-state index is 11.6. The van der Waals surface area contributed by atoms with Gasteiger partial charge in [0.05, 0.1) is 13.7 Å². The van der Waals surface area contributed by atoms with E-state index in [2.05, 4.69) is 5.10 Å². The van der Waals surface area contributed by atoms with Crippen LogP contribution in [0.5, 0.6) is 5.19 Å². The van der Waals surface area contributed by atoms with Crippen molar-refractivity contribution in [3.05, 3.63) is 21.3 Å². The summed E-state index contributed by atoms with van der Waals surface area (Å²) in [6, 6.07) is 0. The molecule has 1 amide bonds. The normalized spacial score (nSPS) is 15.6. The van der Waals surface area contributed by atoms with Crippen LogP contribution in [-0.4, -0.2) is 22.8 Å². The topological polar surface area (TPSA) is 99.2 Å². The van der Waals surface area contributed by atoms with Gasteiger partial charge in [0.2, 0.25) is 0 Å². The Bertz CT molecular complexity index is 529. The van der Waals surface area contributed by atoms with Crippen molar-refractivity contribution in [2.24, 2.45) is 11.8 Å². The van der Waals surface area contributed by atoms with Crippen LogP contribution in [0.1, 0.15) is 12.8 Å². The molecule has 0 atom stereocenters. The molecule has 0 unspecified atom stereocenters. The zero-order chi connectivity index (χ0) is 13.1. The molecular formula is C10H14N4O3S. The van der Waals surface area contributed by atoms with Gasteiger partial charge in [-0.2, -0.15) is 0 Å². The van der Waals surface area contributed by atoms with E-state index in [0.29, 0.717) is 17.7 Å². The molecule has 98 valence electrons. The minimum Gasteiger partial charge on any atom is -0.472 e. The van der Waals surface area contributed by atoms with Crippen molar-refractivity contribution in [2.45, 2.75) is 19.4 Å². The number of rotatable bonds is 5. The summed E-state index contributed by atoms with van der Waals surface area (Å²) in [4.78, 5) is 22.7. The number of hydrazine groups is 1. The highest BCUT2D eigenvalue weighted by atomic mass is 32.1. The number of carbonyl (C=O) groups is 1. The summed E-state index contributed by atoms with van der Waals surface area (Å²) in [7, 11) is 1.46. The first-order valence-corrected chi connectivity index (χ1v) is 6.28.